The Morgan fingerprint density at radius 3 is 1.61 bits per heavy atom. The van der Waals surface area contributed by atoms with Gasteiger partial charge >= 0.3 is 23.9 Å². The molecule has 0 spiro atoms. The van der Waals surface area contributed by atoms with Gasteiger partial charge in [-0.2, -0.15) is 23.5 Å². The Labute approximate surface area is 608 Å². The summed E-state index contributed by atoms with van der Waals surface area (Å²) in [4.78, 5) is 189. The molecular formula is C69H102N14O18S2. The van der Waals surface area contributed by atoms with Crippen LogP contribution >= 0.6 is 23.5 Å². The van der Waals surface area contributed by atoms with E-state index in [1.165, 1.54) is 40.2 Å². The van der Waals surface area contributed by atoms with Gasteiger partial charge in [0.2, 0.25) is 53.2 Å². The zero-order chi connectivity index (χ0) is 74.7. The molecular weight excluding hydrogens is 1380 g/mol. The van der Waals surface area contributed by atoms with Gasteiger partial charge in [-0.3, -0.25) is 82.0 Å². The number of carboxylic acid groups (broad SMARTS) is 4. The minimum absolute atomic E-state index is 0.0245. The summed E-state index contributed by atoms with van der Waals surface area (Å²) in [6.45, 7) is 6.63. The number of piperazine rings is 1. The smallest absolute Gasteiger partial charge is 0.327 e. The van der Waals surface area contributed by atoms with Crippen LogP contribution in [0.4, 0.5) is 0 Å². The number of aliphatic carboxylic acids is 4. The number of benzene rings is 2. The summed E-state index contributed by atoms with van der Waals surface area (Å²) in [5, 5.41) is 64.0. The van der Waals surface area contributed by atoms with Crippen molar-refractivity contribution in [2.45, 2.75) is 151 Å². The molecule has 4 fully saturated rings. The van der Waals surface area contributed by atoms with Gasteiger partial charge < -0.3 is 72.5 Å². The average molecular weight is 1480 g/mol. The van der Waals surface area contributed by atoms with Gasteiger partial charge in [-0.1, -0.05) is 68.3 Å². The number of nitrogens with one attached hydrogen (secondary N) is 5. The predicted molar refractivity (Wildman–Crippen MR) is 380 cm³/mol. The van der Waals surface area contributed by atoms with Crippen LogP contribution < -0.4 is 32.3 Å². The number of hydrogen-bond acceptors (Lipinski definition) is 21. The Bertz CT molecular complexity index is 3250. The zero-order valence-corrected chi connectivity index (χ0v) is 60.4. The van der Waals surface area contributed by atoms with E-state index in [1.54, 1.807) is 49.9 Å². The number of hydrogen-bond donors (Lipinski definition) is 11. The fourth-order valence-electron chi connectivity index (χ4n) is 13.4. The molecule has 568 valence electrons. The second-order valence-corrected chi connectivity index (χ2v) is 29.1. The molecule has 2 bridgehead atoms. The highest BCUT2D eigenvalue weighted by molar-refractivity contribution is 7.98. The first-order chi connectivity index (χ1) is 49.2. The Hall–Kier alpha value is -7.99. The second-order valence-electron chi connectivity index (χ2n) is 27.0. The van der Waals surface area contributed by atoms with E-state index in [0.717, 1.165) is 29.5 Å². The molecule has 7 rings (SSSR count). The normalized spacial score (nSPS) is 24.3. The summed E-state index contributed by atoms with van der Waals surface area (Å²) >= 11 is 2.60. The van der Waals surface area contributed by atoms with Crippen LogP contribution in [0.25, 0.3) is 0 Å². The Morgan fingerprint density at radius 1 is 0.563 bits per heavy atom. The highest BCUT2D eigenvalue weighted by Crippen LogP contribution is 2.28. The number of nitrogens with two attached hydrogens (primary N) is 1. The van der Waals surface area contributed by atoms with E-state index in [0.29, 0.717) is 63.3 Å². The van der Waals surface area contributed by atoms with Gasteiger partial charge in [-0.05, 0) is 67.7 Å². The minimum Gasteiger partial charge on any atom is -0.480 e. The third-order valence-corrected chi connectivity index (χ3v) is 21.1. The third kappa shape index (κ3) is 26.9. The first-order valence-electron chi connectivity index (χ1n) is 35.4. The maximum atomic E-state index is 15.0. The number of nitrogens with zero attached hydrogens (tertiary/aromatic N) is 8. The molecule has 32 nitrogen and oxygen atoms in total. The SMILES string of the molecule is CCCCCC(=O)N[C@H]1CSCc2cc(cc(CN3CCN(C(=O)CN4CCN(CC(=O)O)CCN(CC(=O)O)CCN(CC(=O)O)CC4)CC3)c2)CSC[C@@H](C(=O)O)NC(=O)[C@H](Cc2ccccc2)NC(=O)[C@H](CCC(N)=O)NC(=O)[C@H]([C@@H](C)O)NC(=O)[C@@H]2CCCN2C(=O)[C@@H]2CCCN2C1=O. The second kappa shape index (κ2) is 41.5. The van der Waals surface area contributed by atoms with Gasteiger partial charge in [-0.15, -0.1) is 0 Å². The number of carbonyl (C=O) groups excluding carboxylic acids is 9. The lowest BCUT2D eigenvalue weighted by molar-refractivity contribution is -0.148. The Kier molecular flexibility index (Phi) is 33.1. The largest absolute Gasteiger partial charge is 0.480 e. The number of carboxylic acids is 4. The van der Waals surface area contributed by atoms with Crippen LogP contribution in [0.15, 0.2) is 48.5 Å². The van der Waals surface area contributed by atoms with Gasteiger partial charge in [0.05, 0.1) is 32.3 Å². The number of thioether (sulfide) groups is 2. The van der Waals surface area contributed by atoms with Crippen LogP contribution in [-0.4, -0.2) is 319 Å². The van der Waals surface area contributed by atoms with Crippen molar-refractivity contribution in [2.24, 2.45) is 5.73 Å². The van der Waals surface area contributed by atoms with Gasteiger partial charge in [0.25, 0.3) is 0 Å². The van der Waals surface area contributed by atoms with Gasteiger partial charge in [0.1, 0.15) is 42.3 Å². The molecule has 0 radical (unpaired) electrons. The molecule has 5 aliphatic heterocycles. The van der Waals surface area contributed by atoms with E-state index in [2.05, 4.69) is 31.5 Å². The van der Waals surface area contributed by atoms with Crippen molar-refractivity contribution in [1.82, 2.24) is 65.8 Å². The molecule has 0 aromatic heterocycles. The number of amides is 9. The van der Waals surface area contributed by atoms with Crippen LogP contribution in [0.1, 0.15) is 100 Å². The van der Waals surface area contributed by atoms with Crippen LogP contribution in [0.3, 0.4) is 0 Å². The van der Waals surface area contributed by atoms with E-state index in [4.69, 9.17) is 5.73 Å². The molecule has 5 aliphatic rings. The van der Waals surface area contributed by atoms with Crippen molar-refractivity contribution < 1.29 is 87.9 Å². The minimum atomic E-state index is -1.72. The summed E-state index contributed by atoms with van der Waals surface area (Å²) in [7, 11) is 0. The van der Waals surface area contributed by atoms with Crippen molar-refractivity contribution in [2.75, 3.05) is 129 Å². The maximum absolute atomic E-state index is 15.0. The number of aliphatic hydroxyl groups excluding tert-OH is 1. The van der Waals surface area contributed by atoms with Gasteiger partial charge in [0, 0.05) is 140 Å². The lowest BCUT2D eigenvalue weighted by Gasteiger charge is -2.37. The number of primary amides is 1. The van der Waals surface area contributed by atoms with Crippen LogP contribution in [0.2, 0.25) is 0 Å². The van der Waals surface area contributed by atoms with Crippen LogP contribution in [-0.2, 0) is 86.8 Å². The molecule has 0 unspecified atom stereocenters. The molecule has 4 saturated heterocycles. The van der Waals surface area contributed by atoms with Crippen LogP contribution in [0.5, 0.6) is 0 Å². The standard InChI is InChI=1S/C69H102N14O18S2/c1-3-4-6-15-57(86)71-52-43-102-41-48-32-47(36-76-28-30-81(31-29-76)58(87)37-77-20-22-78(38-59(88)89)24-26-80(40-61(92)93)27-25-79(23-21-77)39-60(90)91)33-49(34-48)42-103-44-53(69(100)101)74-64(95)51(35-46-11-7-5-8-12-46)73-63(94)50(16-17-56(70)85)72-66(97)62(45(2)84)75-65(96)54-13-9-18-82(54)68(99)55-14-10-19-83(55)67(52)98/h5,7-8,11-12,32-34,45,50-55,62,84H,3-4,6,9-10,13-31,35-44H2,1-2H3,(H2,70,85)(H,71,86)(H,72,97)(H,73,94)(H,74,95)(H,75,96)(H,88,89)(H,90,91)(H,92,93)(H,100,101)/t45-,50+,51+,52+,53+,54+,55+,62+/m1/s1. The van der Waals surface area contributed by atoms with Crippen molar-refractivity contribution in [1.29, 1.82) is 0 Å². The lowest BCUT2D eigenvalue weighted by atomic mass is 10.0. The topological polar surface area (TPSA) is 435 Å². The first-order valence-corrected chi connectivity index (χ1v) is 37.7. The highest BCUT2D eigenvalue weighted by atomic mass is 32.2. The number of aliphatic hydroxyl groups is 1. The molecule has 2 aromatic rings. The predicted octanol–water partition coefficient (Wildman–Crippen LogP) is -1.75. The Morgan fingerprint density at radius 2 is 1.08 bits per heavy atom. The zero-order valence-electron chi connectivity index (χ0n) is 58.8. The molecule has 103 heavy (non-hydrogen) atoms. The summed E-state index contributed by atoms with van der Waals surface area (Å²) < 4.78 is 0. The summed E-state index contributed by atoms with van der Waals surface area (Å²) in [5.41, 5.74) is 8.56. The van der Waals surface area contributed by atoms with E-state index >= 15 is 0 Å². The monoisotopic (exact) mass is 1480 g/mol. The van der Waals surface area contributed by atoms with Crippen molar-refractivity contribution >= 4 is 101 Å². The number of rotatable bonds is 22. The first kappa shape index (κ1) is 82.3. The highest BCUT2D eigenvalue weighted by Gasteiger charge is 2.45. The Balaban J connectivity index is 1.15. The molecule has 2 aromatic carbocycles. The molecule has 9 amide bonds. The molecule has 8 atom stereocenters. The molecule has 0 aliphatic carbocycles. The van der Waals surface area contributed by atoms with Crippen molar-refractivity contribution in [3.05, 3.63) is 70.8 Å². The average Bonchev–Trinajstić information content (AvgIpc) is 1.68. The van der Waals surface area contributed by atoms with Gasteiger partial charge in [0.15, 0.2) is 0 Å². The van der Waals surface area contributed by atoms with E-state index in [-0.39, 0.29) is 146 Å². The number of carbonyl (C=O) groups is 13. The quantitative estimate of drug-likeness (QED) is 0.0582. The summed E-state index contributed by atoms with van der Waals surface area (Å²) in [6, 6.07) is 4.99. The summed E-state index contributed by atoms with van der Waals surface area (Å²) in [6.07, 6.45) is 1.07. The van der Waals surface area contributed by atoms with E-state index < -0.39 is 126 Å². The number of unbranched alkanes of at least 4 members (excludes halogenated alkanes) is 2. The number of fused-ring (bicyclic) bond motifs is 4. The molecule has 12 N–H and O–H groups in total. The van der Waals surface area contributed by atoms with E-state index in [9.17, 15) is 87.9 Å². The lowest BCUT2D eigenvalue weighted by Crippen LogP contribution is -2.61. The van der Waals surface area contributed by atoms with Crippen LogP contribution in [0, 0.1) is 0 Å². The van der Waals surface area contributed by atoms with Gasteiger partial charge in [-0.25, -0.2) is 4.79 Å². The molecule has 34 heteroatoms. The molecule has 0 saturated carbocycles. The fraction of sp³-hybridized carbons (Fsp3) is 0.638. The van der Waals surface area contributed by atoms with E-state index in [1.807, 2.05) is 30.0 Å². The summed E-state index contributed by atoms with van der Waals surface area (Å²) in [5.74, 6) is -10.1. The van der Waals surface area contributed by atoms with Crippen molar-refractivity contribution in [3.63, 3.8) is 0 Å². The third-order valence-electron chi connectivity index (χ3n) is 18.9. The van der Waals surface area contributed by atoms with Crippen molar-refractivity contribution in [3.8, 4) is 0 Å². The maximum Gasteiger partial charge on any atom is 0.327 e. The fourth-order valence-corrected chi connectivity index (χ4v) is 15.3. The molecule has 5 heterocycles.